The number of hydrogen-bond donors (Lipinski definition) is 1. The Morgan fingerprint density at radius 2 is 1.90 bits per heavy atom. The molecule has 0 saturated heterocycles. The first-order valence-corrected chi connectivity index (χ1v) is 8.32. The van der Waals surface area contributed by atoms with E-state index in [4.69, 9.17) is 17.3 Å². The van der Waals surface area contributed by atoms with Gasteiger partial charge in [-0.15, -0.1) is 0 Å². The lowest BCUT2D eigenvalue weighted by Crippen LogP contribution is -2.16. The molecular weight excluding hydrogens is 405 g/mol. The predicted octanol–water partition coefficient (Wildman–Crippen LogP) is 4.63. The van der Waals surface area contributed by atoms with E-state index in [0.29, 0.717) is 6.42 Å². The summed E-state index contributed by atoms with van der Waals surface area (Å²) in [5.41, 5.74) is 9.23. The van der Waals surface area contributed by atoms with Crippen molar-refractivity contribution in [3.63, 3.8) is 0 Å². The van der Waals surface area contributed by atoms with Crippen molar-refractivity contribution in [1.82, 2.24) is 9.78 Å². The van der Waals surface area contributed by atoms with Gasteiger partial charge in [-0.2, -0.15) is 5.10 Å². The Morgan fingerprint density at radius 1 is 1.30 bits per heavy atom. The number of aromatic nitrogens is 2. The second-order valence-electron chi connectivity index (χ2n) is 4.68. The highest BCUT2D eigenvalue weighted by Gasteiger charge is 2.17. The molecule has 0 saturated carbocycles. The highest BCUT2D eigenvalue weighted by atomic mass is 79.9. The number of rotatable bonds is 4. The van der Waals surface area contributed by atoms with Gasteiger partial charge in [-0.1, -0.05) is 43.5 Å². The molecule has 1 unspecified atom stereocenters. The number of nitrogens with zero attached hydrogens (tertiary/aromatic N) is 2. The standard InChI is InChI=1S/C14H16Br2ClN3/c1-3-20-13(14(17)8(2)19-20)7-12(18)9-4-10(15)6-11(16)5-9/h4-6,12H,3,7,18H2,1-2H3. The van der Waals surface area contributed by atoms with Crippen LogP contribution in [0.3, 0.4) is 0 Å². The van der Waals surface area contributed by atoms with E-state index in [1.165, 1.54) is 0 Å². The van der Waals surface area contributed by atoms with E-state index in [1.807, 2.05) is 36.7 Å². The minimum absolute atomic E-state index is 0.123. The quantitative estimate of drug-likeness (QED) is 0.782. The van der Waals surface area contributed by atoms with Gasteiger partial charge in [0, 0.05) is 28.0 Å². The Kier molecular flexibility index (Phi) is 5.29. The Morgan fingerprint density at radius 3 is 2.45 bits per heavy atom. The molecule has 0 radical (unpaired) electrons. The highest BCUT2D eigenvalue weighted by Crippen LogP contribution is 2.28. The summed E-state index contributed by atoms with van der Waals surface area (Å²) < 4.78 is 3.93. The van der Waals surface area contributed by atoms with E-state index in [-0.39, 0.29) is 6.04 Å². The fourth-order valence-electron chi connectivity index (χ4n) is 2.18. The van der Waals surface area contributed by atoms with E-state index in [0.717, 1.165) is 37.5 Å². The Labute approximate surface area is 140 Å². The second kappa shape index (κ2) is 6.60. The Bertz CT molecular complexity index is 605. The Hall–Kier alpha value is -0.360. The number of hydrogen-bond acceptors (Lipinski definition) is 2. The van der Waals surface area contributed by atoms with Crippen LogP contribution in [0.5, 0.6) is 0 Å². The molecule has 1 heterocycles. The summed E-state index contributed by atoms with van der Waals surface area (Å²) in [7, 11) is 0. The first kappa shape index (κ1) is 16.0. The summed E-state index contributed by atoms with van der Waals surface area (Å²) in [4.78, 5) is 0. The second-order valence-corrected chi connectivity index (χ2v) is 6.88. The topological polar surface area (TPSA) is 43.8 Å². The Balaban J connectivity index is 2.29. The van der Waals surface area contributed by atoms with Gasteiger partial charge in [0.05, 0.1) is 16.4 Å². The van der Waals surface area contributed by atoms with Crippen molar-refractivity contribution in [1.29, 1.82) is 0 Å². The van der Waals surface area contributed by atoms with Gasteiger partial charge >= 0.3 is 0 Å². The SMILES string of the molecule is CCn1nc(C)c(Cl)c1CC(N)c1cc(Br)cc(Br)c1. The lowest BCUT2D eigenvalue weighted by Gasteiger charge is -2.14. The third-order valence-electron chi connectivity index (χ3n) is 3.18. The van der Waals surface area contributed by atoms with Crippen LogP contribution < -0.4 is 5.73 Å². The van der Waals surface area contributed by atoms with Crippen LogP contribution >= 0.6 is 43.5 Å². The van der Waals surface area contributed by atoms with Gasteiger partial charge in [0.15, 0.2) is 0 Å². The summed E-state index contributed by atoms with van der Waals surface area (Å²) >= 11 is 13.3. The zero-order chi connectivity index (χ0) is 14.9. The molecule has 2 aromatic rings. The maximum absolute atomic E-state index is 6.33. The summed E-state index contributed by atoms with van der Waals surface area (Å²) in [6, 6.07) is 5.93. The fraction of sp³-hybridized carbons (Fsp3) is 0.357. The lowest BCUT2D eigenvalue weighted by molar-refractivity contribution is 0.587. The monoisotopic (exact) mass is 419 g/mol. The van der Waals surface area contributed by atoms with Crippen molar-refractivity contribution in [3.8, 4) is 0 Å². The minimum atomic E-state index is -0.123. The molecule has 1 aromatic heterocycles. The van der Waals surface area contributed by atoms with Gasteiger partial charge in [-0.05, 0) is 37.6 Å². The molecule has 2 rings (SSSR count). The number of halogens is 3. The van der Waals surface area contributed by atoms with E-state index in [9.17, 15) is 0 Å². The molecule has 1 aromatic carbocycles. The van der Waals surface area contributed by atoms with Crippen LogP contribution in [-0.4, -0.2) is 9.78 Å². The first-order chi connectivity index (χ1) is 9.42. The molecule has 108 valence electrons. The van der Waals surface area contributed by atoms with Crippen LogP contribution in [-0.2, 0) is 13.0 Å². The van der Waals surface area contributed by atoms with Crippen molar-refractivity contribution < 1.29 is 0 Å². The molecule has 0 fully saturated rings. The van der Waals surface area contributed by atoms with Gasteiger partial charge in [-0.3, -0.25) is 4.68 Å². The van der Waals surface area contributed by atoms with E-state index in [2.05, 4.69) is 37.0 Å². The van der Waals surface area contributed by atoms with Gasteiger partial charge in [0.25, 0.3) is 0 Å². The van der Waals surface area contributed by atoms with E-state index < -0.39 is 0 Å². The number of nitrogens with two attached hydrogens (primary N) is 1. The average Bonchev–Trinajstić information content (AvgIpc) is 2.65. The first-order valence-electron chi connectivity index (χ1n) is 6.35. The van der Waals surface area contributed by atoms with Crippen LogP contribution in [0.25, 0.3) is 0 Å². The third kappa shape index (κ3) is 3.45. The summed E-state index contributed by atoms with van der Waals surface area (Å²) in [6.07, 6.45) is 0.663. The summed E-state index contributed by atoms with van der Waals surface area (Å²) in [5, 5.41) is 5.14. The fourth-order valence-corrected chi connectivity index (χ4v) is 3.72. The van der Waals surface area contributed by atoms with E-state index >= 15 is 0 Å². The predicted molar refractivity (Wildman–Crippen MR) is 90.1 cm³/mol. The van der Waals surface area contributed by atoms with Crippen molar-refractivity contribution in [2.75, 3.05) is 0 Å². The molecule has 1 atom stereocenters. The molecule has 0 bridgehead atoms. The summed E-state index contributed by atoms with van der Waals surface area (Å²) in [5.74, 6) is 0. The van der Waals surface area contributed by atoms with E-state index in [1.54, 1.807) is 0 Å². The molecular formula is C14H16Br2ClN3. The molecule has 3 nitrogen and oxygen atoms in total. The van der Waals surface area contributed by atoms with Crippen LogP contribution in [0.15, 0.2) is 27.1 Å². The molecule has 0 aliphatic heterocycles. The third-order valence-corrected chi connectivity index (χ3v) is 4.59. The van der Waals surface area contributed by atoms with Gasteiger partial charge in [-0.25, -0.2) is 0 Å². The maximum atomic E-state index is 6.33. The van der Waals surface area contributed by atoms with Crippen molar-refractivity contribution in [2.45, 2.75) is 32.9 Å². The largest absolute Gasteiger partial charge is 0.324 e. The van der Waals surface area contributed by atoms with Crippen LogP contribution in [0, 0.1) is 6.92 Å². The van der Waals surface area contributed by atoms with Gasteiger partial charge in [0.1, 0.15) is 0 Å². The zero-order valence-electron chi connectivity index (χ0n) is 11.3. The van der Waals surface area contributed by atoms with Crippen LogP contribution in [0.2, 0.25) is 5.02 Å². The van der Waals surface area contributed by atoms with Gasteiger partial charge in [0.2, 0.25) is 0 Å². The molecule has 2 N–H and O–H groups in total. The summed E-state index contributed by atoms with van der Waals surface area (Å²) in [6.45, 7) is 4.75. The van der Waals surface area contributed by atoms with Crippen LogP contribution in [0.4, 0.5) is 0 Å². The normalized spacial score (nSPS) is 12.7. The van der Waals surface area contributed by atoms with Gasteiger partial charge < -0.3 is 5.73 Å². The number of benzene rings is 1. The maximum Gasteiger partial charge on any atom is 0.0847 e. The van der Waals surface area contributed by atoms with Crippen molar-refractivity contribution in [3.05, 3.63) is 49.1 Å². The van der Waals surface area contributed by atoms with Crippen LogP contribution in [0.1, 0.15) is 29.9 Å². The molecule has 0 spiro atoms. The molecule has 0 amide bonds. The zero-order valence-corrected chi connectivity index (χ0v) is 15.3. The average molecular weight is 422 g/mol. The molecule has 0 aliphatic carbocycles. The van der Waals surface area contributed by atoms with Crippen molar-refractivity contribution in [2.24, 2.45) is 5.73 Å². The highest BCUT2D eigenvalue weighted by molar-refractivity contribution is 9.11. The smallest absolute Gasteiger partial charge is 0.0847 e. The number of aryl methyl sites for hydroxylation is 2. The minimum Gasteiger partial charge on any atom is -0.324 e. The lowest BCUT2D eigenvalue weighted by atomic mass is 10.0. The van der Waals surface area contributed by atoms with Crippen molar-refractivity contribution >= 4 is 43.5 Å². The molecule has 20 heavy (non-hydrogen) atoms. The molecule has 0 aliphatic rings. The molecule has 6 heteroatoms.